The van der Waals surface area contributed by atoms with E-state index in [-0.39, 0.29) is 16.4 Å². The first-order valence-electron chi connectivity index (χ1n) is 9.55. The van der Waals surface area contributed by atoms with Crippen molar-refractivity contribution in [2.24, 2.45) is 5.92 Å². The summed E-state index contributed by atoms with van der Waals surface area (Å²) < 4.78 is 5.86. The van der Waals surface area contributed by atoms with Gasteiger partial charge in [-0.3, -0.25) is 10.1 Å². The van der Waals surface area contributed by atoms with Crippen molar-refractivity contribution in [3.8, 4) is 11.5 Å². The summed E-state index contributed by atoms with van der Waals surface area (Å²) in [7, 11) is 0. The SMILES string of the molecule is C=Cc1ccc(Oc2cccc(N3CCC(CCC)CC3)c2[N+](=O)[O-])cc1. The molecule has 0 bridgehead atoms. The molecule has 1 aliphatic rings. The third-order valence-electron chi connectivity index (χ3n) is 5.16. The lowest BCUT2D eigenvalue weighted by Gasteiger charge is -2.33. The first kappa shape index (κ1) is 19.0. The summed E-state index contributed by atoms with van der Waals surface area (Å²) in [6, 6.07) is 12.6. The predicted molar refractivity (Wildman–Crippen MR) is 110 cm³/mol. The third kappa shape index (κ3) is 4.48. The average molecular weight is 366 g/mol. The molecule has 1 fully saturated rings. The smallest absolute Gasteiger partial charge is 0.334 e. The number of piperidine rings is 1. The summed E-state index contributed by atoms with van der Waals surface area (Å²) in [5, 5.41) is 11.8. The minimum atomic E-state index is -0.332. The van der Waals surface area contributed by atoms with E-state index in [2.05, 4.69) is 18.4 Å². The lowest BCUT2D eigenvalue weighted by Crippen LogP contribution is -2.34. The number of para-hydroxylation sites is 1. The summed E-state index contributed by atoms with van der Waals surface area (Å²) in [6.45, 7) is 7.63. The number of anilines is 1. The molecule has 0 radical (unpaired) electrons. The van der Waals surface area contributed by atoms with Crippen molar-refractivity contribution in [2.75, 3.05) is 18.0 Å². The average Bonchev–Trinajstić information content (AvgIpc) is 2.69. The highest BCUT2D eigenvalue weighted by atomic mass is 16.6. The second kappa shape index (κ2) is 8.71. The van der Waals surface area contributed by atoms with Gasteiger partial charge in [-0.2, -0.15) is 0 Å². The molecule has 0 spiro atoms. The molecule has 0 aromatic heterocycles. The van der Waals surface area contributed by atoms with Gasteiger partial charge in [0.05, 0.1) is 4.92 Å². The molecular formula is C22H26N2O3. The van der Waals surface area contributed by atoms with E-state index in [0.717, 1.165) is 37.4 Å². The van der Waals surface area contributed by atoms with Crippen LogP contribution in [0.1, 0.15) is 38.2 Å². The van der Waals surface area contributed by atoms with Gasteiger partial charge in [-0.1, -0.05) is 50.6 Å². The maximum Gasteiger partial charge on any atom is 0.334 e. The lowest BCUT2D eigenvalue weighted by atomic mass is 9.92. The minimum absolute atomic E-state index is 0.0410. The summed E-state index contributed by atoms with van der Waals surface area (Å²) in [5.41, 5.74) is 1.66. The Morgan fingerprint density at radius 1 is 1.22 bits per heavy atom. The van der Waals surface area contributed by atoms with E-state index in [1.807, 2.05) is 24.3 Å². The fourth-order valence-corrected chi connectivity index (χ4v) is 3.70. The highest BCUT2D eigenvalue weighted by molar-refractivity contribution is 5.70. The Kier molecular flexibility index (Phi) is 6.12. The van der Waals surface area contributed by atoms with Gasteiger partial charge in [0.2, 0.25) is 5.75 Å². The van der Waals surface area contributed by atoms with Gasteiger partial charge in [0.15, 0.2) is 0 Å². The number of ether oxygens (including phenoxy) is 1. The molecule has 0 unspecified atom stereocenters. The van der Waals surface area contributed by atoms with Crippen molar-refractivity contribution in [1.82, 2.24) is 0 Å². The van der Waals surface area contributed by atoms with Crippen LogP contribution in [-0.2, 0) is 0 Å². The number of hydrogen-bond donors (Lipinski definition) is 0. The number of nitrogens with zero attached hydrogens (tertiary/aromatic N) is 2. The van der Waals surface area contributed by atoms with E-state index in [4.69, 9.17) is 4.74 Å². The van der Waals surface area contributed by atoms with Crippen molar-refractivity contribution < 1.29 is 9.66 Å². The number of rotatable bonds is 7. The van der Waals surface area contributed by atoms with Crippen LogP contribution in [0.4, 0.5) is 11.4 Å². The van der Waals surface area contributed by atoms with E-state index in [1.54, 1.807) is 24.3 Å². The Balaban J connectivity index is 1.84. The molecule has 2 aromatic carbocycles. The number of nitro groups is 1. The predicted octanol–water partition coefficient (Wildman–Crippen LogP) is 6.05. The van der Waals surface area contributed by atoms with Crippen LogP contribution in [0.15, 0.2) is 49.0 Å². The van der Waals surface area contributed by atoms with Crippen molar-refractivity contribution in [2.45, 2.75) is 32.6 Å². The maximum absolute atomic E-state index is 11.8. The molecule has 0 saturated carbocycles. The standard InChI is InChI=1S/C22H26N2O3/c1-3-6-18-13-15-23(16-14-18)20-7-5-8-21(22(20)24(25)26)27-19-11-9-17(4-2)10-12-19/h4-5,7-12,18H,2-3,6,13-16H2,1H3. The Hall–Kier alpha value is -2.82. The van der Waals surface area contributed by atoms with E-state index < -0.39 is 0 Å². The zero-order valence-corrected chi connectivity index (χ0v) is 15.8. The van der Waals surface area contributed by atoms with E-state index in [9.17, 15) is 10.1 Å². The van der Waals surface area contributed by atoms with Gasteiger partial charge in [-0.25, -0.2) is 0 Å². The second-order valence-electron chi connectivity index (χ2n) is 6.98. The van der Waals surface area contributed by atoms with Crippen molar-refractivity contribution in [1.29, 1.82) is 0 Å². The highest BCUT2D eigenvalue weighted by Crippen LogP contribution is 2.40. The van der Waals surface area contributed by atoms with Crippen molar-refractivity contribution in [3.05, 3.63) is 64.7 Å². The minimum Gasteiger partial charge on any atom is -0.450 e. The van der Waals surface area contributed by atoms with Crippen LogP contribution < -0.4 is 9.64 Å². The molecule has 0 N–H and O–H groups in total. The lowest BCUT2D eigenvalue weighted by molar-refractivity contribution is -0.384. The second-order valence-corrected chi connectivity index (χ2v) is 6.98. The van der Waals surface area contributed by atoms with E-state index in [0.29, 0.717) is 11.4 Å². The largest absolute Gasteiger partial charge is 0.450 e. The van der Waals surface area contributed by atoms with Crippen LogP contribution in [0.5, 0.6) is 11.5 Å². The normalized spacial score (nSPS) is 14.8. The van der Waals surface area contributed by atoms with Crippen molar-refractivity contribution in [3.63, 3.8) is 0 Å². The fraction of sp³-hybridized carbons (Fsp3) is 0.364. The molecule has 5 heteroatoms. The summed E-state index contributed by atoms with van der Waals surface area (Å²) in [5.74, 6) is 1.58. The number of nitro benzene ring substituents is 1. The third-order valence-corrected chi connectivity index (χ3v) is 5.16. The molecular weight excluding hydrogens is 340 g/mol. The van der Waals surface area contributed by atoms with Crippen LogP contribution in [0, 0.1) is 16.0 Å². The Morgan fingerprint density at radius 2 is 1.93 bits per heavy atom. The molecule has 142 valence electrons. The molecule has 27 heavy (non-hydrogen) atoms. The van der Waals surface area contributed by atoms with Crippen molar-refractivity contribution >= 4 is 17.5 Å². The van der Waals surface area contributed by atoms with Crippen LogP contribution in [0.2, 0.25) is 0 Å². The summed E-state index contributed by atoms with van der Waals surface area (Å²) >= 11 is 0. The number of hydrogen-bond acceptors (Lipinski definition) is 4. The summed E-state index contributed by atoms with van der Waals surface area (Å²) in [4.78, 5) is 13.6. The maximum atomic E-state index is 11.8. The monoisotopic (exact) mass is 366 g/mol. The van der Waals surface area contributed by atoms with E-state index >= 15 is 0 Å². The zero-order chi connectivity index (χ0) is 19.2. The van der Waals surface area contributed by atoms with E-state index in [1.165, 1.54) is 12.8 Å². The molecule has 3 rings (SSSR count). The highest BCUT2D eigenvalue weighted by Gasteiger charge is 2.28. The molecule has 2 aromatic rings. The molecule has 1 heterocycles. The molecule has 1 aliphatic heterocycles. The van der Waals surface area contributed by atoms with Gasteiger partial charge in [-0.05, 0) is 48.6 Å². The number of benzene rings is 2. The zero-order valence-electron chi connectivity index (χ0n) is 15.8. The molecule has 1 saturated heterocycles. The topological polar surface area (TPSA) is 55.6 Å². The quantitative estimate of drug-likeness (QED) is 0.442. The first-order chi connectivity index (χ1) is 13.1. The van der Waals surface area contributed by atoms with Gasteiger partial charge >= 0.3 is 5.69 Å². The Bertz CT molecular complexity index is 794. The first-order valence-corrected chi connectivity index (χ1v) is 9.55. The summed E-state index contributed by atoms with van der Waals surface area (Å²) in [6.07, 6.45) is 6.34. The molecule has 0 amide bonds. The van der Waals surface area contributed by atoms with Gasteiger partial charge < -0.3 is 9.64 Å². The molecule has 0 aliphatic carbocycles. The van der Waals surface area contributed by atoms with Crippen LogP contribution >= 0.6 is 0 Å². The molecule has 5 nitrogen and oxygen atoms in total. The van der Waals surface area contributed by atoms with Gasteiger partial charge in [0, 0.05) is 13.1 Å². The van der Waals surface area contributed by atoms with Crippen LogP contribution in [-0.4, -0.2) is 18.0 Å². The Morgan fingerprint density at radius 3 is 2.52 bits per heavy atom. The Labute approximate surface area is 160 Å². The fourth-order valence-electron chi connectivity index (χ4n) is 3.70. The van der Waals surface area contributed by atoms with Gasteiger partial charge in [-0.15, -0.1) is 0 Å². The van der Waals surface area contributed by atoms with Gasteiger partial charge in [0.25, 0.3) is 0 Å². The van der Waals surface area contributed by atoms with Crippen LogP contribution in [0.25, 0.3) is 6.08 Å². The molecule has 0 atom stereocenters. The van der Waals surface area contributed by atoms with Crippen LogP contribution in [0.3, 0.4) is 0 Å². The van der Waals surface area contributed by atoms with Gasteiger partial charge in [0.1, 0.15) is 11.4 Å².